The van der Waals surface area contributed by atoms with Gasteiger partial charge in [0, 0.05) is 0 Å². The molecule has 164 valence electrons. The Balaban J connectivity index is 3.73. The number of rotatable bonds is 22. The first-order valence-corrected chi connectivity index (χ1v) is 12.9. The summed E-state index contributed by atoms with van der Waals surface area (Å²) in [5.41, 5.74) is 0. The first-order valence-electron chi connectivity index (χ1n) is 12.9. The fourth-order valence-electron chi connectivity index (χ4n) is 4.00. The van der Waals surface area contributed by atoms with Crippen LogP contribution in [0.3, 0.4) is 0 Å². The van der Waals surface area contributed by atoms with Gasteiger partial charge in [0.05, 0.1) is 0 Å². The lowest BCUT2D eigenvalue weighted by molar-refractivity contribution is 0.251. The molecule has 0 aliphatic carbocycles. The normalized spacial score (nSPS) is 11.8. The summed E-state index contributed by atoms with van der Waals surface area (Å²) in [6, 6.07) is 0. The van der Waals surface area contributed by atoms with E-state index in [0.717, 1.165) is 5.92 Å². The van der Waals surface area contributed by atoms with E-state index in [2.05, 4.69) is 32.6 Å². The number of unbranched alkanes of at least 4 members (excludes halogenated alkanes) is 14. The van der Waals surface area contributed by atoms with Gasteiger partial charge in [-0.2, -0.15) is 0 Å². The molecule has 0 aromatic rings. The van der Waals surface area contributed by atoms with Crippen LogP contribution in [0.5, 0.6) is 0 Å². The molecule has 1 nitrogen and oxygen atoms in total. The third-order valence-corrected chi connectivity index (χ3v) is 5.91. The Kier molecular flexibility index (Phi) is 22.2. The molecule has 0 rings (SSSR count). The van der Waals surface area contributed by atoms with Crippen LogP contribution in [-0.2, 0) is 0 Å². The van der Waals surface area contributed by atoms with Gasteiger partial charge >= 0.3 is 0 Å². The lowest BCUT2D eigenvalue weighted by Gasteiger charge is -2.23. The van der Waals surface area contributed by atoms with Gasteiger partial charge in [0.1, 0.15) is 0 Å². The monoisotopic (exact) mass is 381 g/mol. The molecule has 0 heterocycles. The maximum absolute atomic E-state index is 2.79. The summed E-state index contributed by atoms with van der Waals surface area (Å²) in [4.78, 5) is 2.79. The maximum atomic E-state index is 2.79. The van der Waals surface area contributed by atoms with E-state index in [-0.39, 0.29) is 0 Å². The lowest BCUT2D eigenvalue weighted by atomic mass is 10.1. The van der Waals surface area contributed by atoms with E-state index in [1.807, 2.05) is 0 Å². The summed E-state index contributed by atoms with van der Waals surface area (Å²) in [5, 5.41) is 0. The third-order valence-electron chi connectivity index (χ3n) is 5.91. The molecule has 0 amide bonds. The van der Waals surface area contributed by atoms with Crippen molar-refractivity contribution < 1.29 is 0 Å². The smallest absolute Gasteiger partial charge is 0.00186 e. The van der Waals surface area contributed by atoms with Crippen molar-refractivity contribution in [2.24, 2.45) is 5.92 Å². The highest BCUT2D eigenvalue weighted by Crippen LogP contribution is 2.12. The van der Waals surface area contributed by atoms with Crippen LogP contribution in [-0.4, -0.2) is 24.5 Å². The molecule has 0 bridgehead atoms. The fraction of sp³-hybridized carbons (Fsp3) is 1.00. The Morgan fingerprint density at radius 2 is 0.778 bits per heavy atom. The topological polar surface area (TPSA) is 3.24 Å². The molecule has 0 aromatic heterocycles. The van der Waals surface area contributed by atoms with E-state index in [1.165, 1.54) is 135 Å². The van der Waals surface area contributed by atoms with E-state index in [9.17, 15) is 0 Å². The largest absolute Gasteiger partial charge is 0.303 e. The number of nitrogens with zero attached hydrogens (tertiary/aromatic N) is 1. The second-order valence-electron chi connectivity index (χ2n) is 9.33. The van der Waals surface area contributed by atoms with E-state index in [1.54, 1.807) is 0 Å². The molecular weight excluding hydrogens is 326 g/mol. The second-order valence-corrected chi connectivity index (χ2v) is 9.33. The highest BCUT2D eigenvalue weighted by atomic mass is 15.1. The lowest BCUT2D eigenvalue weighted by Crippen LogP contribution is -2.27. The van der Waals surface area contributed by atoms with Crippen molar-refractivity contribution in [3.63, 3.8) is 0 Å². The van der Waals surface area contributed by atoms with Gasteiger partial charge in [0.2, 0.25) is 0 Å². The van der Waals surface area contributed by atoms with Crippen molar-refractivity contribution in [2.45, 2.75) is 143 Å². The van der Waals surface area contributed by atoms with Gasteiger partial charge in [-0.15, -0.1) is 0 Å². The molecule has 0 atom stereocenters. The Morgan fingerprint density at radius 3 is 1.15 bits per heavy atom. The molecule has 0 unspecified atom stereocenters. The van der Waals surface area contributed by atoms with Crippen LogP contribution in [0.4, 0.5) is 0 Å². The molecule has 0 fully saturated rings. The van der Waals surface area contributed by atoms with Gasteiger partial charge < -0.3 is 4.90 Å². The van der Waals surface area contributed by atoms with E-state index >= 15 is 0 Å². The second kappa shape index (κ2) is 22.3. The maximum Gasteiger partial charge on any atom is -0.00186 e. The van der Waals surface area contributed by atoms with Crippen molar-refractivity contribution in [3.05, 3.63) is 0 Å². The molecule has 0 saturated carbocycles. The van der Waals surface area contributed by atoms with Crippen molar-refractivity contribution in [2.75, 3.05) is 19.6 Å². The zero-order chi connectivity index (χ0) is 20.0. The summed E-state index contributed by atoms with van der Waals surface area (Å²) in [7, 11) is 0. The fourth-order valence-corrected chi connectivity index (χ4v) is 4.00. The van der Waals surface area contributed by atoms with Crippen LogP contribution in [0, 0.1) is 5.92 Å². The Labute approximate surface area is 174 Å². The van der Waals surface area contributed by atoms with Crippen LogP contribution >= 0.6 is 0 Å². The summed E-state index contributed by atoms with van der Waals surface area (Å²) in [5.74, 6) is 0.859. The number of hydrogen-bond acceptors (Lipinski definition) is 1. The van der Waals surface area contributed by atoms with Crippen molar-refractivity contribution in [3.8, 4) is 0 Å². The van der Waals surface area contributed by atoms with Crippen LogP contribution in [0.25, 0.3) is 0 Å². The molecular formula is C26H55N. The summed E-state index contributed by atoms with van der Waals surface area (Å²) in [6.45, 7) is 13.4. The first kappa shape index (κ1) is 27.0. The van der Waals surface area contributed by atoms with Crippen LogP contribution in [0.15, 0.2) is 0 Å². The standard InChI is InChI=1S/C26H55N/c1-5-7-9-11-13-15-17-19-23-27(25-21-22-26(3)4)24-20-18-16-14-12-10-8-6-2/h26H,5-25H2,1-4H3. The minimum atomic E-state index is 0.859. The average Bonchev–Trinajstić information content (AvgIpc) is 2.65. The Hall–Kier alpha value is -0.0400. The summed E-state index contributed by atoms with van der Waals surface area (Å²) in [6.07, 6.45) is 25.8. The Morgan fingerprint density at radius 1 is 0.444 bits per heavy atom. The van der Waals surface area contributed by atoms with Gasteiger partial charge in [-0.25, -0.2) is 0 Å². The predicted octanol–water partition coefficient (Wildman–Crippen LogP) is 9.01. The Bertz CT molecular complexity index is 241. The quantitative estimate of drug-likeness (QED) is 0.169. The van der Waals surface area contributed by atoms with Crippen molar-refractivity contribution in [1.82, 2.24) is 4.90 Å². The highest BCUT2D eigenvalue weighted by molar-refractivity contribution is 4.61. The van der Waals surface area contributed by atoms with E-state index < -0.39 is 0 Å². The molecule has 0 spiro atoms. The third kappa shape index (κ3) is 22.1. The van der Waals surface area contributed by atoms with E-state index in [4.69, 9.17) is 0 Å². The van der Waals surface area contributed by atoms with Crippen LogP contribution in [0.1, 0.15) is 143 Å². The van der Waals surface area contributed by atoms with Gasteiger partial charge in [-0.05, 0) is 51.2 Å². The zero-order valence-corrected chi connectivity index (χ0v) is 19.9. The van der Waals surface area contributed by atoms with E-state index in [0.29, 0.717) is 0 Å². The summed E-state index contributed by atoms with van der Waals surface area (Å²) >= 11 is 0. The highest BCUT2D eigenvalue weighted by Gasteiger charge is 2.05. The SMILES string of the molecule is CCCCCCCCCCN(CCCCCCCCCC)CCCC(C)C. The van der Waals surface area contributed by atoms with Crippen LogP contribution < -0.4 is 0 Å². The minimum absolute atomic E-state index is 0.859. The predicted molar refractivity (Wildman–Crippen MR) is 126 cm³/mol. The molecule has 0 saturated heterocycles. The molecule has 0 aromatic carbocycles. The molecule has 0 N–H and O–H groups in total. The molecule has 0 aliphatic heterocycles. The van der Waals surface area contributed by atoms with Gasteiger partial charge in [0.15, 0.2) is 0 Å². The van der Waals surface area contributed by atoms with Crippen LogP contribution in [0.2, 0.25) is 0 Å². The molecule has 1 heteroatoms. The van der Waals surface area contributed by atoms with Gasteiger partial charge in [-0.1, -0.05) is 118 Å². The van der Waals surface area contributed by atoms with Crippen molar-refractivity contribution in [1.29, 1.82) is 0 Å². The molecule has 0 aliphatic rings. The van der Waals surface area contributed by atoms with Gasteiger partial charge in [-0.3, -0.25) is 0 Å². The zero-order valence-electron chi connectivity index (χ0n) is 19.9. The number of hydrogen-bond donors (Lipinski definition) is 0. The summed E-state index contributed by atoms with van der Waals surface area (Å²) < 4.78 is 0. The first-order chi connectivity index (χ1) is 13.2. The molecule has 27 heavy (non-hydrogen) atoms. The molecule has 0 radical (unpaired) electrons. The average molecular weight is 382 g/mol. The van der Waals surface area contributed by atoms with Gasteiger partial charge in [0.25, 0.3) is 0 Å². The van der Waals surface area contributed by atoms with Crippen molar-refractivity contribution >= 4 is 0 Å². The minimum Gasteiger partial charge on any atom is -0.303 e.